The van der Waals surface area contributed by atoms with Crippen LogP contribution in [0.1, 0.15) is 75.6 Å². The molecule has 6 heterocycles. The Morgan fingerprint density at radius 2 is 1.18 bits per heavy atom. The summed E-state index contributed by atoms with van der Waals surface area (Å²) in [6.07, 6.45) is 7.71. The largest absolute Gasteiger partial charge is 0.453 e. The van der Waals surface area contributed by atoms with Crippen molar-refractivity contribution in [2.45, 2.75) is 88.1 Å². The van der Waals surface area contributed by atoms with E-state index in [1.165, 1.54) is 14.2 Å². The number of amides is 4. The van der Waals surface area contributed by atoms with Crippen LogP contribution in [0.3, 0.4) is 0 Å². The van der Waals surface area contributed by atoms with Gasteiger partial charge in [0, 0.05) is 48.1 Å². The molecule has 0 saturated carbocycles. The van der Waals surface area contributed by atoms with Crippen molar-refractivity contribution in [3.8, 4) is 33.6 Å². The number of aromatic amines is 2. The Bertz CT molecular complexity index is 2490. The summed E-state index contributed by atoms with van der Waals surface area (Å²) < 4.78 is 21.2. The fraction of sp³-hybridized carbons (Fsp3) is 0.479. The Morgan fingerprint density at radius 3 is 1.67 bits per heavy atom. The van der Waals surface area contributed by atoms with E-state index in [-0.39, 0.29) is 47.7 Å². The minimum absolute atomic E-state index is 0.0415. The van der Waals surface area contributed by atoms with E-state index in [0.717, 1.165) is 54.4 Å². The van der Waals surface area contributed by atoms with Gasteiger partial charge in [0.15, 0.2) is 0 Å². The van der Waals surface area contributed by atoms with Gasteiger partial charge in [-0.1, -0.05) is 71.7 Å². The molecule has 0 spiro atoms. The molecule has 4 aromatic rings. The molecular weight excluding hydrogens is 887 g/mol. The Kier molecular flexibility index (Phi) is 13.6. The number of aromatic nitrogens is 4. The molecule has 2 aromatic heterocycles. The Balaban J connectivity index is 0.903. The lowest BCUT2D eigenvalue weighted by Crippen LogP contribution is -2.55. The van der Waals surface area contributed by atoms with Crippen molar-refractivity contribution in [1.82, 2.24) is 40.4 Å². The molecular formula is C48H54Cl2N8O8. The molecule has 66 heavy (non-hydrogen) atoms. The van der Waals surface area contributed by atoms with E-state index < -0.39 is 30.3 Å². The van der Waals surface area contributed by atoms with Crippen molar-refractivity contribution in [2.75, 3.05) is 40.6 Å². The van der Waals surface area contributed by atoms with Gasteiger partial charge in [-0.05, 0) is 75.1 Å². The van der Waals surface area contributed by atoms with E-state index in [1.807, 2.05) is 72.5 Å². The van der Waals surface area contributed by atoms with Crippen molar-refractivity contribution < 1.29 is 38.1 Å². The highest BCUT2D eigenvalue weighted by Gasteiger charge is 2.49. The van der Waals surface area contributed by atoms with Crippen LogP contribution in [-0.2, 0) is 28.5 Å². The first kappa shape index (κ1) is 45.5. The van der Waals surface area contributed by atoms with Gasteiger partial charge in [0.05, 0.1) is 45.6 Å². The molecule has 4 amide bonds. The molecule has 0 bridgehead atoms. The lowest BCUT2D eigenvalue weighted by Gasteiger charge is -2.36. The number of hydrogen-bond donors (Lipinski definition) is 4. The third kappa shape index (κ3) is 9.09. The molecule has 18 heteroatoms. The van der Waals surface area contributed by atoms with Crippen LogP contribution < -0.4 is 10.6 Å². The maximum Gasteiger partial charge on any atom is 0.407 e. The number of H-pyrrole nitrogens is 2. The van der Waals surface area contributed by atoms with Gasteiger partial charge in [-0.15, -0.1) is 5.73 Å². The van der Waals surface area contributed by atoms with E-state index in [4.69, 9.17) is 52.1 Å². The quantitative estimate of drug-likeness (QED) is 0.108. The number of rotatable bonds is 11. The summed E-state index contributed by atoms with van der Waals surface area (Å²) in [6.45, 7) is 3.99. The number of nitrogens with one attached hydrogen (secondary N) is 4. The molecule has 4 saturated heterocycles. The van der Waals surface area contributed by atoms with E-state index in [2.05, 4.69) is 26.3 Å². The minimum Gasteiger partial charge on any atom is -0.453 e. The summed E-state index contributed by atoms with van der Waals surface area (Å²) in [7, 11) is 2.57. The number of alkyl carbamates (subject to hydrolysis) is 2. The number of carbonyl (C=O) groups is 4. The molecule has 4 fully saturated rings. The standard InChI is InChI=1S/C48H54Cl2N8O8/c1-26-11-20-35(57(26)45(59)39(53-47(61)63-2)32-8-5-21-65-24-32)43-51-37(41(49)55-43)29-16-12-27(13-17-29)28-14-18-30(19-15-28)38-42(50)56-44(52-38)36-23-31-7-4-10-34(31)58(36)46(60)40(54-48(62)64-3)33-9-6-22-66-25-33/h7,10,12-19,26,31-36,39-40H,5-6,8-9,11,20-25H2,1-3H3,(H,51,55)(H,52,56)(H,53,61)(H,54,62)/t26-,31-,32+,33+,34-,35+,36+,39-,40-/m1/s1. The van der Waals surface area contributed by atoms with Crippen LogP contribution in [0, 0.1) is 17.8 Å². The second kappa shape index (κ2) is 19.7. The van der Waals surface area contributed by atoms with Gasteiger partial charge in [-0.25, -0.2) is 19.6 Å². The number of halogens is 2. The highest BCUT2D eigenvalue weighted by atomic mass is 35.5. The number of fused-ring (bicyclic) bond motifs is 1. The van der Waals surface area contributed by atoms with Gasteiger partial charge in [0.2, 0.25) is 11.8 Å². The number of nitrogens with zero attached hydrogens (tertiary/aromatic N) is 4. The van der Waals surface area contributed by atoms with Crippen molar-refractivity contribution in [3.63, 3.8) is 0 Å². The Morgan fingerprint density at radius 1 is 0.697 bits per heavy atom. The SMILES string of the molecule is COC(=O)N[C@@H](C(=O)N1[C@H](C)CC[C@H]1c1nc(-c2ccc(-c3ccc(-c4nc([C@@H]5C[C@H]6C=C=C[C@H]6N5C(=O)[C@H](NC(=O)OC)[C@H]5CCCOC5)[nH]c4Cl)cc3)cc2)c(Cl)[nH]1)[C@H]1CCCOC1. The van der Waals surface area contributed by atoms with Crippen LogP contribution in [0.4, 0.5) is 9.59 Å². The molecule has 4 N–H and O–H groups in total. The number of ether oxygens (including phenoxy) is 4. The zero-order valence-corrected chi connectivity index (χ0v) is 38.6. The third-order valence-corrected chi connectivity index (χ3v) is 14.3. The first-order valence-electron chi connectivity index (χ1n) is 22.7. The lowest BCUT2D eigenvalue weighted by atomic mass is 9.92. The lowest BCUT2D eigenvalue weighted by molar-refractivity contribution is -0.139. The topological polar surface area (TPSA) is 193 Å². The van der Waals surface area contributed by atoms with Crippen LogP contribution in [0.15, 0.2) is 66.4 Å². The van der Waals surface area contributed by atoms with Crippen molar-refractivity contribution in [2.24, 2.45) is 17.8 Å². The molecule has 348 valence electrons. The predicted molar refractivity (Wildman–Crippen MR) is 245 cm³/mol. The van der Waals surface area contributed by atoms with Crippen LogP contribution in [0.5, 0.6) is 0 Å². The highest BCUT2D eigenvalue weighted by Crippen LogP contribution is 2.45. The summed E-state index contributed by atoms with van der Waals surface area (Å²) in [5, 5.41) is 6.32. The average Bonchev–Trinajstić information content (AvgIpc) is 4.19. The zero-order chi connectivity index (χ0) is 46.1. The molecule has 0 radical (unpaired) electrons. The second-order valence-corrected chi connectivity index (χ2v) is 18.5. The number of carbonyl (C=O) groups excluding carboxylic acids is 4. The zero-order valence-electron chi connectivity index (χ0n) is 37.1. The molecule has 9 atom stereocenters. The van der Waals surface area contributed by atoms with E-state index in [9.17, 15) is 19.2 Å². The maximum atomic E-state index is 14.5. The van der Waals surface area contributed by atoms with Gasteiger partial charge < -0.3 is 49.3 Å². The van der Waals surface area contributed by atoms with Crippen molar-refractivity contribution >= 4 is 47.2 Å². The smallest absolute Gasteiger partial charge is 0.407 e. The number of imidazole rings is 2. The summed E-state index contributed by atoms with van der Waals surface area (Å²) >= 11 is 13.7. The molecule has 1 aliphatic carbocycles. The van der Waals surface area contributed by atoms with Crippen LogP contribution in [0.2, 0.25) is 10.3 Å². The van der Waals surface area contributed by atoms with Gasteiger partial charge in [0.1, 0.15) is 45.4 Å². The molecule has 5 aliphatic rings. The fourth-order valence-electron chi connectivity index (χ4n) is 10.3. The first-order chi connectivity index (χ1) is 32.0. The van der Waals surface area contributed by atoms with Gasteiger partial charge in [-0.3, -0.25) is 9.59 Å². The van der Waals surface area contributed by atoms with E-state index in [1.54, 1.807) is 4.90 Å². The summed E-state index contributed by atoms with van der Waals surface area (Å²) in [6, 6.07) is 13.1. The number of benzene rings is 2. The number of hydrogen-bond acceptors (Lipinski definition) is 10. The van der Waals surface area contributed by atoms with Gasteiger partial charge >= 0.3 is 12.2 Å². The fourth-order valence-corrected chi connectivity index (χ4v) is 10.8. The van der Waals surface area contributed by atoms with E-state index in [0.29, 0.717) is 72.6 Å². The molecule has 0 unspecified atom stereocenters. The molecule has 9 rings (SSSR count). The number of likely N-dealkylation sites (tertiary alicyclic amines) is 2. The molecule has 16 nitrogen and oxygen atoms in total. The summed E-state index contributed by atoms with van der Waals surface area (Å²) in [5.74, 6) is 0.382. The normalized spacial score (nSPS) is 25.6. The average molecular weight is 942 g/mol. The molecule has 4 aliphatic heterocycles. The minimum atomic E-state index is -0.836. The molecule has 2 aromatic carbocycles. The Hall–Kier alpha value is -5.64. The monoisotopic (exact) mass is 940 g/mol. The highest BCUT2D eigenvalue weighted by molar-refractivity contribution is 6.32. The van der Waals surface area contributed by atoms with Crippen LogP contribution in [0.25, 0.3) is 33.6 Å². The maximum absolute atomic E-state index is 14.5. The first-order valence-corrected chi connectivity index (χ1v) is 23.4. The van der Waals surface area contributed by atoms with Gasteiger partial charge in [-0.2, -0.15) is 0 Å². The van der Waals surface area contributed by atoms with Gasteiger partial charge in [0.25, 0.3) is 0 Å². The summed E-state index contributed by atoms with van der Waals surface area (Å²) in [4.78, 5) is 73.7. The second-order valence-electron chi connectivity index (χ2n) is 17.7. The van der Waals surface area contributed by atoms with E-state index >= 15 is 0 Å². The Labute approximate surface area is 392 Å². The van der Waals surface area contributed by atoms with Crippen molar-refractivity contribution in [1.29, 1.82) is 0 Å². The summed E-state index contributed by atoms with van der Waals surface area (Å²) in [5.41, 5.74) is 7.86. The van der Waals surface area contributed by atoms with Crippen LogP contribution >= 0.6 is 23.2 Å². The predicted octanol–water partition coefficient (Wildman–Crippen LogP) is 7.78. The third-order valence-electron chi connectivity index (χ3n) is 13.8. The van der Waals surface area contributed by atoms with Crippen LogP contribution in [-0.4, -0.2) is 119 Å². The number of methoxy groups -OCH3 is 2. The van der Waals surface area contributed by atoms with Crippen molar-refractivity contribution in [3.05, 3.63) is 88.4 Å².